The van der Waals surface area contributed by atoms with Crippen molar-refractivity contribution in [2.45, 2.75) is 26.2 Å². The SMILES string of the molecule is Cc1cc(F)ccc1CCNC(=O)CCCN.Cl. The van der Waals surface area contributed by atoms with Crippen molar-refractivity contribution in [2.24, 2.45) is 5.73 Å². The summed E-state index contributed by atoms with van der Waals surface area (Å²) in [5.41, 5.74) is 7.29. The molecule has 18 heavy (non-hydrogen) atoms. The van der Waals surface area contributed by atoms with Gasteiger partial charge < -0.3 is 11.1 Å². The maximum Gasteiger partial charge on any atom is 0.220 e. The molecule has 0 bridgehead atoms. The van der Waals surface area contributed by atoms with Crippen molar-refractivity contribution in [1.82, 2.24) is 5.32 Å². The van der Waals surface area contributed by atoms with E-state index in [0.29, 0.717) is 25.9 Å². The Morgan fingerprint density at radius 2 is 2.17 bits per heavy atom. The minimum atomic E-state index is -0.224. The van der Waals surface area contributed by atoms with E-state index in [2.05, 4.69) is 5.32 Å². The topological polar surface area (TPSA) is 55.1 Å². The first kappa shape index (κ1) is 16.9. The van der Waals surface area contributed by atoms with Gasteiger partial charge in [0.05, 0.1) is 0 Å². The fourth-order valence-electron chi connectivity index (χ4n) is 1.63. The highest BCUT2D eigenvalue weighted by molar-refractivity contribution is 5.85. The predicted molar refractivity (Wildman–Crippen MR) is 73.4 cm³/mol. The molecular weight excluding hydrogens is 255 g/mol. The molecule has 0 aliphatic rings. The van der Waals surface area contributed by atoms with Crippen LogP contribution in [-0.4, -0.2) is 19.0 Å². The van der Waals surface area contributed by atoms with Crippen LogP contribution < -0.4 is 11.1 Å². The Morgan fingerprint density at radius 1 is 1.44 bits per heavy atom. The number of amides is 1. The number of aryl methyl sites for hydroxylation is 1. The van der Waals surface area contributed by atoms with Gasteiger partial charge in [-0.05, 0) is 49.6 Å². The third-order valence-corrected chi connectivity index (χ3v) is 2.63. The first-order valence-electron chi connectivity index (χ1n) is 5.85. The lowest BCUT2D eigenvalue weighted by Crippen LogP contribution is -2.26. The molecular formula is C13H20ClFN2O. The number of hydrogen-bond donors (Lipinski definition) is 2. The Hall–Kier alpha value is -1.13. The van der Waals surface area contributed by atoms with Crippen molar-refractivity contribution in [3.05, 3.63) is 35.1 Å². The third-order valence-electron chi connectivity index (χ3n) is 2.63. The maximum atomic E-state index is 12.9. The first-order chi connectivity index (χ1) is 8.13. The molecule has 0 radical (unpaired) electrons. The number of hydrogen-bond acceptors (Lipinski definition) is 2. The molecule has 1 aromatic rings. The van der Waals surface area contributed by atoms with Crippen LogP contribution in [-0.2, 0) is 11.2 Å². The summed E-state index contributed by atoms with van der Waals surface area (Å²) in [6.45, 7) is 2.98. The highest BCUT2D eigenvalue weighted by Crippen LogP contribution is 2.10. The van der Waals surface area contributed by atoms with Crippen LogP contribution in [0.1, 0.15) is 24.0 Å². The van der Waals surface area contributed by atoms with Crippen molar-refractivity contribution in [3.8, 4) is 0 Å². The van der Waals surface area contributed by atoms with Gasteiger partial charge in [0.15, 0.2) is 0 Å². The fraction of sp³-hybridized carbons (Fsp3) is 0.462. The first-order valence-corrected chi connectivity index (χ1v) is 5.85. The van der Waals surface area contributed by atoms with E-state index in [1.165, 1.54) is 12.1 Å². The zero-order valence-electron chi connectivity index (χ0n) is 10.5. The smallest absolute Gasteiger partial charge is 0.220 e. The second-order valence-electron chi connectivity index (χ2n) is 4.06. The lowest BCUT2D eigenvalue weighted by molar-refractivity contribution is -0.121. The van der Waals surface area contributed by atoms with Gasteiger partial charge in [-0.2, -0.15) is 0 Å². The molecule has 0 heterocycles. The van der Waals surface area contributed by atoms with Gasteiger partial charge in [-0.3, -0.25) is 4.79 Å². The molecule has 0 aromatic heterocycles. The minimum Gasteiger partial charge on any atom is -0.356 e. The van der Waals surface area contributed by atoms with Gasteiger partial charge in [0.1, 0.15) is 5.82 Å². The fourth-order valence-corrected chi connectivity index (χ4v) is 1.63. The zero-order chi connectivity index (χ0) is 12.7. The van der Waals surface area contributed by atoms with Crippen molar-refractivity contribution in [3.63, 3.8) is 0 Å². The van der Waals surface area contributed by atoms with Gasteiger partial charge in [-0.15, -0.1) is 12.4 Å². The van der Waals surface area contributed by atoms with Gasteiger partial charge >= 0.3 is 0 Å². The summed E-state index contributed by atoms with van der Waals surface area (Å²) in [5, 5.41) is 2.82. The Kier molecular flexibility index (Phi) is 8.33. The normalized spacial score (nSPS) is 9.72. The molecule has 1 aromatic carbocycles. The van der Waals surface area contributed by atoms with Crippen LogP contribution in [0.3, 0.4) is 0 Å². The van der Waals surface area contributed by atoms with Crippen LogP contribution in [0.2, 0.25) is 0 Å². The summed E-state index contributed by atoms with van der Waals surface area (Å²) < 4.78 is 12.9. The molecule has 3 nitrogen and oxygen atoms in total. The molecule has 0 saturated carbocycles. The third kappa shape index (κ3) is 5.98. The largest absolute Gasteiger partial charge is 0.356 e. The van der Waals surface area contributed by atoms with E-state index in [4.69, 9.17) is 5.73 Å². The lowest BCUT2D eigenvalue weighted by Gasteiger charge is -2.07. The van der Waals surface area contributed by atoms with E-state index in [9.17, 15) is 9.18 Å². The molecule has 0 unspecified atom stereocenters. The molecule has 1 amide bonds. The lowest BCUT2D eigenvalue weighted by atomic mass is 10.1. The monoisotopic (exact) mass is 274 g/mol. The summed E-state index contributed by atoms with van der Waals surface area (Å²) in [6, 6.07) is 4.71. The summed E-state index contributed by atoms with van der Waals surface area (Å²) in [6.07, 6.45) is 1.90. The molecule has 1 rings (SSSR count). The van der Waals surface area contributed by atoms with Crippen molar-refractivity contribution in [1.29, 1.82) is 0 Å². The van der Waals surface area contributed by atoms with Crippen molar-refractivity contribution < 1.29 is 9.18 Å². The Labute approximate surface area is 113 Å². The average Bonchev–Trinajstić information content (AvgIpc) is 2.29. The Bertz CT molecular complexity index is 385. The number of nitrogens with two attached hydrogens (primary N) is 1. The van der Waals surface area contributed by atoms with Crippen LogP contribution in [0.15, 0.2) is 18.2 Å². The van der Waals surface area contributed by atoms with Gasteiger partial charge in [0.25, 0.3) is 0 Å². The van der Waals surface area contributed by atoms with Crippen LogP contribution in [0, 0.1) is 12.7 Å². The van der Waals surface area contributed by atoms with E-state index in [1.807, 2.05) is 6.92 Å². The summed E-state index contributed by atoms with van der Waals surface area (Å²) in [5.74, 6) is -0.201. The second kappa shape index (κ2) is 8.89. The Morgan fingerprint density at radius 3 is 2.78 bits per heavy atom. The number of carbonyl (C=O) groups excluding carboxylic acids is 1. The molecule has 0 saturated heterocycles. The van der Waals surface area contributed by atoms with Crippen molar-refractivity contribution >= 4 is 18.3 Å². The number of benzene rings is 1. The minimum absolute atomic E-state index is 0. The molecule has 5 heteroatoms. The maximum absolute atomic E-state index is 12.9. The highest BCUT2D eigenvalue weighted by Gasteiger charge is 2.02. The number of carbonyl (C=O) groups is 1. The van der Waals surface area contributed by atoms with Crippen LogP contribution in [0.25, 0.3) is 0 Å². The quantitative estimate of drug-likeness (QED) is 0.833. The predicted octanol–water partition coefficient (Wildman–Crippen LogP) is 1.95. The molecule has 0 aliphatic heterocycles. The molecule has 0 spiro atoms. The number of nitrogens with one attached hydrogen (secondary N) is 1. The van der Waals surface area contributed by atoms with E-state index in [0.717, 1.165) is 17.5 Å². The van der Waals surface area contributed by atoms with E-state index in [1.54, 1.807) is 6.07 Å². The Balaban J connectivity index is 0.00000289. The summed E-state index contributed by atoms with van der Waals surface area (Å²) >= 11 is 0. The molecule has 3 N–H and O–H groups in total. The van der Waals surface area contributed by atoms with Crippen LogP contribution >= 0.6 is 12.4 Å². The van der Waals surface area contributed by atoms with E-state index < -0.39 is 0 Å². The van der Waals surface area contributed by atoms with E-state index >= 15 is 0 Å². The molecule has 0 atom stereocenters. The average molecular weight is 275 g/mol. The van der Waals surface area contributed by atoms with Crippen LogP contribution in [0.4, 0.5) is 4.39 Å². The number of halogens is 2. The second-order valence-corrected chi connectivity index (χ2v) is 4.06. The number of rotatable bonds is 6. The molecule has 102 valence electrons. The van der Waals surface area contributed by atoms with Crippen LogP contribution in [0.5, 0.6) is 0 Å². The van der Waals surface area contributed by atoms with Gasteiger partial charge in [0.2, 0.25) is 5.91 Å². The zero-order valence-corrected chi connectivity index (χ0v) is 11.4. The van der Waals surface area contributed by atoms with Gasteiger partial charge in [0, 0.05) is 13.0 Å². The van der Waals surface area contributed by atoms with Gasteiger partial charge in [-0.1, -0.05) is 6.07 Å². The standard InChI is InChI=1S/C13H19FN2O.ClH/c1-10-9-12(14)5-4-11(10)6-8-16-13(17)3-2-7-15;/h4-5,9H,2-3,6-8,15H2,1H3,(H,16,17);1H. The molecule has 0 aliphatic carbocycles. The highest BCUT2D eigenvalue weighted by atomic mass is 35.5. The summed E-state index contributed by atoms with van der Waals surface area (Å²) in [4.78, 5) is 11.3. The van der Waals surface area contributed by atoms with Gasteiger partial charge in [-0.25, -0.2) is 4.39 Å². The van der Waals surface area contributed by atoms with Crippen molar-refractivity contribution in [2.75, 3.05) is 13.1 Å². The summed E-state index contributed by atoms with van der Waals surface area (Å²) in [7, 11) is 0. The molecule has 0 fully saturated rings. The van der Waals surface area contributed by atoms with E-state index in [-0.39, 0.29) is 24.1 Å².